The van der Waals surface area contributed by atoms with Gasteiger partial charge in [0.05, 0.1) is 11.0 Å². The van der Waals surface area contributed by atoms with Crippen molar-refractivity contribution in [3.05, 3.63) is 18.2 Å². The van der Waals surface area contributed by atoms with Gasteiger partial charge in [0.1, 0.15) is 11.8 Å². The molecule has 0 fully saturated rings. The van der Waals surface area contributed by atoms with Crippen molar-refractivity contribution in [2.75, 3.05) is 5.32 Å². The summed E-state index contributed by atoms with van der Waals surface area (Å²) in [5.74, 6) is -0.335. The molecule has 1 atom stereocenters. The Labute approximate surface area is 97.5 Å². The molecule has 0 saturated heterocycles. The smallest absolute Gasteiger partial charge is 0.325 e. The first-order valence-electron chi connectivity index (χ1n) is 5.14. The largest absolute Gasteiger partial charge is 0.508 e. The van der Waals surface area contributed by atoms with Crippen molar-refractivity contribution >= 4 is 23.0 Å². The number of hydrogen-bond acceptors (Lipinski definition) is 4. The minimum Gasteiger partial charge on any atom is -0.508 e. The van der Waals surface area contributed by atoms with Gasteiger partial charge in [-0.1, -0.05) is 0 Å². The van der Waals surface area contributed by atoms with E-state index in [1.54, 1.807) is 36.7 Å². The third-order valence-electron chi connectivity index (χ3n) is 2.58. The minimum absolute atomic E-state index is 0.151. The highest BCUT2D eigenvalue weighted by Crippen LogP contribution is 2.22. The lowest BCUT2D eigenvalue weighted by Gasteiger charge is -2.09. The second-order valence-corrected chi connectivity index (χ2v) is 3.87. The SMILES string of the molecule is CC(Nc1nc2ccc(O)cc2n1C)C(=O)O. The monoisotopic (exact) mass is 235 g/mol. The van der Waals surface area contributed by atoms with Crippen molar-refractivity contribution in [1.29, 1.82) is 0 Å². The van der Waals surface area contributed by atoms with E-state index in [9.17, 15) is 9.90 Å². The lowest BCUT2D eigenvalue weighted by molar-refractivity contribution is -0.137. The van der Waals surface area contributed by atoms with Gasteiger partial charge < -0.3 is 20.1 Å². The Balaban J connectivity index is 2.42. The summed E-state index contributed by atoms with van der Waals surface area (Å²) in [6, 6.07) is 4.08. The zero-order valence-electron chi connectivity index (χ0n) is 9.51. The van der Waals surface area contributed by atoms with E-state index in [0.29, 0.717) is 11.5 Å². The Morgan fingerprint density at radius 2 is 2.24 bits per heavy atom. The third kappa shape index (κ3) is 2.01. The molecule has 0 spiro atoms. The Bertz CT molecular complexity index is 577. The summed E-state index contributed by atoms with van der Waals surface area (Å²) in [6.07, 6.45) is 0. The Morgan fingerprint density at radius 1 is 1.53 bits per heavy atom. The molecule has 0 radical (unpaired) electrons. The molecule has 0 aliphatic rings. The molecule has 2 rings (SSSR count). The molecule has 0 aliphatic carbocycles. The van der Waals surface area contributed by atoms with Gasteiger partial charge in [0.15, 0.2) is 0 Å². The first-order valence-corrected chi connectivity index (χ1v) is 5.14. The summed E-state index contributed by atoms with van der Waals surface area (Å²) in [5.41, 5.74) is 1.44. The van der Waals surface area contributed by atoms with E-state index < -0.39 is 12.0 Å². The maximum absolute atomic E-state index is 10.7. The lowest BCUT2D eigenvalue weighted by atomic mass is 10.3. The molecule has 1 heterocycles. The highest BCUT2D eigenvalue weighted by Gasteiger charge is 2.14. The average molecular weight is 235 g/mol. The van der Waals surface area contributed by atoms with Gasteiger partial charge >= 0.3 is 5.97 Å². The predicted molar refractivity (Wildman–Crippen MR) is 63.1 cm³/mol. The van der Waals surface area contributed by atoms with Gasteiger partial charge in [-0.2, -0.15) is 0 Å². The molecule has 3 N–H and O–H groups in total. The number of anilines is 1. The maximum atomic E-state index is 10.7. The topological polar surface area (TPSA) is 87.4 Å². The van der Waals surface area contributed by atoms with Crippen molar-refractivity contribution in [3.8, 4) is 5.75 Å². The maximum Gasteiger partial charge on any atom is 0.325 e. The van der Waals surface area contributed by atoms with Crippen LogP contribution in [0.2, 0.25) is 0 Å². The summed E-state index contributed by atoms with van der Waals surface area (Å²) >= 11 is 0. The molecule has 0 bridgehead atoms. The summed E-state index contributed by atoms with van der Waals surface area (Å²) in [5, 5.41) is 21.0. The van der Waals surface area contributed by atoms with Crippen LogP contribution >= 0.6 is 0 Å². The molecule has 6 nitrogen and oxygen atoms in total. The predicted octanol–water partition coefficient (Wildman–Crippen LogP) is 1.16. The number of carbonyl (C=O) groups is 1. The number of aliphatic carboxylic acids is 1. The second kappa shape index (κ2) is 3.97. The second-order valence-electron chi connectivity index (χ2n) is 3.87. The fourth-order valence-corrected chi connectivity index (χ4v) is 1.56. The lowest BCUT2D eigenvalue weighted by Crippen LogP contribution is -2.26. The molecular weight excluding hydrogens is 222 g/mol. The fourth-order valence-electron chi connectivity index (χ4n) is 1.56. The highest BCUT2D eigenvalue weighted by molar-refractivity contribution is 5.81. The van der Waals surface area contributed by atoms with Gasteiger partial charge in [0.2, 0.25) is 5.95 Å². The number of rotatable bonds is 3. The molecular formula is C11H13N3O3. The number of carboxylic acid groups (broad SMARTS) is 1. The van der Waals surface area contributed by atoms with E-state index >= 15 is 0 Å². The highest BCUT2D eigenvalue weighted by atomic mass is 16.4. The number of aryl methyl sites for hydroxylation is 1. The van der Waals surface area contributed by atoms with E-state index in [1.165, 1.54) is 0 Å². The van der Waals surface area contributed by atoms with Gasteiger partial charge in [-0.3, -0.25) is 4.79 Å². The number of imidazole rings is 1. The van der Waals surface area contributed by atoms with Crippen LogP contribution in [0, 0.1) is 0 Å². The van der Waals surface area contributed by atoms with E-state index in [1.807, 2.05) is 0 Å². The third-order valence-corrected chi connectivity index (χ3v) is 2.58. The van der Waals surface area contributed by atoms with Crippen LogP contribution < -0.4 is 5.32 Å². The summed E-state index contributed by atoms with van der Waals surface area (Å²) in [6.45, 7) is 1.54. The van der Waals surface area contributed by atoms with Gasteiger partial charge in [-0.05, 0) is 19.1 Å². The number of fused-ring (bicyclic) bond motifs is 1. The molecule has 1 aromatic carbocycles. The van der Waals surface area contributed by atoms with Crippen molar-refractivity contribution in [3.63, 3.8) is 0 Å². The van der Waals surface area contributed by atoms with Gasteiger partial charge in [-0.15, -0.1) is 0 Å². The minimum atomic E-state index is -0.945. The summed E-state index contributed by atoms with van der Waals surface area (Å²) in [7, 11) is 1.76. The molecule has 0 saturated carbocycles. The van der Waals surface area contributed by atoms with E-state index in [4.69, 9.17) is 5.11 Å². The number of phenolic OH excluding ortho intramolecular Hbond substituents is 1. The van der Waals surface area contributed by atoms with Crippen LogP contribution in [0.3, 0.4) is 0 Å². The zero-order valence-corrected chi connectivity index (χ0v) is 9.51. The van der Waals surface area contributed by atoms with E-state index in [2.05, 4.69) is 10.3 Å². The van der Waals surface area contributed by atoms with Crippen LogP contribution in [-0.2, 0) is 11.8 Å². The number of benzene rings is 1. The molecule has 17 heavy (non-hydrogen) atoms. The number of carboxylic acids is 1. The first-order chi connectivity index (χ1) is 7.99. The number of nitrogens with one attached hydrogen (secondary N) is 1. The van der Waals surface area contributed by atoms with Crippen LogP contribution in [0.1, 0.15) is 6.92 Å². The fraction of sp³-hybridized carbons (Fsp3) is 0.273. The molecule has 0 amide bonds. The molecule has 2 aromatic rings. The summed E-state index contributed by atoms with van der Waals surface area (Å²) in [4.78, 5) is 15.0. The van der Waals surface area contributed by atoms with Gasteiger partial charge in [-0.25, -0.2) is 4.98 Å². The molecule has 1 aromatic heterocycles. The Morgan fingerprint density at radius 3 is 2.88 bits per heavy atom. The van der Waals surface area contributed by atoms with Crippen molar-refractivity contribution in [1.82, 2.24) is 9.55 Å². The van der Waals surface area contributed by atoms with Crippen LogP contribution in [0.4, 0.5) is 5.95 Å². The first kappa shape index (κ1) is 11.3. The van der Waals surface area contributed by atoms with Crippen LogP contribution in [0.15, 0.2) is 18.2 Å². The van der Waals surface area contributed by atoms with Crippen LogP contribution in [0.25, 0.3) is 11.0 Å². The number of aromatic nitrogens is 2. The Kier molecular flexibility index (Phi) is 2.63. The average Bonchev–Trinajstić information content (AvgIpc) is 2.56. The van der Waals surface area contributed by atoms with Crippen molar-refractivity contribution < 1.29 is 15.0 Å². The summed E-state index contributed by atoms with van der Waals surface area (Å²) < 4.78 is 1.70. The van der Waals surface area contributed by atoms with E-state index in [0.717, 1.165) is 5.52 Å². The molecule has 90 valence electrons. The molecule has 1 unspecified atom stereocenters. The van der Waals surface area contributed by atoms with E-state index in [-0.39, 0.29) is 5.75 Å². The van der Waals surface area contributed by atoms with Gasteiger partial charge in [0, 0.05) is 13.1 Å². The normalized spacial score (nSPS) is 12.6. The Hall–Kier alpha value is -2.24. The molecule has 6 heteroatoms. The number of nitrogens with zero attached hydrogens (tertiary/aromatic N) is 2. The number of aromatic hydroxyl groups is 1. The quantitative estimate of drug-likeness (QED) is 0.743. The van der Waals surface area contributed by atoms with Crippen molar-refractivity contribution in [2.24, 2.45) is 7.05 Å². The number of phenols is 1. The van der Waals surface area contributed by atoms with Gasteiger partial charge in [0.25, 0.3) is 0 Å². The van der Waals surface area contributed by atoms with Crippen molar-refractivity contribution in [2.45, 2.75) is 13.0 Å². The standard InChI is InChI=1S/C11H13N3O3/c1-6(10(16)17)12-11-13-8-4-3-7(15)5-9(8)14(11)2/h3-6,15H,1-2H3,(H,12,13)(H,16,17). The van der Waals surface area contributed by atoms with Crippen LogP contribution in [0.5, 0.6) is 5.75 Å². The molecule has 0 aliphatic heterocycles. The van der Waals surface area contributed by atoms with Crippen LogP contribution in [-0.4, -0.2) is 31.8 Å². The number of hydrogen-bond donors (Lipinski definition) is 3. The zero-order chi connectivity index (χ0) is 12.6.